The van der Waals surface area contributed by atoms with Gasteiger partial charge in [0.05, 0.1) is 5.69 Å². The van der Waals surface area contributed by atoms with Crippen LogP contribution >= 0.6 is 0 Å². The molecule has 0 N–H and O–H groups in total. The molecule has 0 aliphatic heterocycles. The third kappa shape index (κ3) is 1.97. The summed E-state index contributed by atoms with van der Waals surface area (Å²) in [5, 5.41) is 0. The van der Waals surface area contributed by atoms with E-state index >= 15 is 0 Å². The Morgan fingerprint density at radius 1 is 1.13 bits per heavy atom. The maximum atomic E-state index is 4.37. The number of allylic oxidation sites excluding steroid dienone is 1. The fourth-order valence-corrected chi connectivity index (χ4v) is 3.16. The Labute approximate surface area is 91.2 Å². The topological polar surface area (TPSA) is 12.9 Å². The molecule has 1 heteroatoms. The van der Waals surface area contributed by atoms with Crippen molar-refractivity contribution >= 4 is 6.08 Å². The molecule has 0 saturated heterocycles. The lowest BCUT2D eigenvalue weighted by atomic mass is 9.85. The van der Waals surface area contributed by atoms with Crippen LogP contribution in [-0.4, -0.2) is 4.98 Å². The smallest absolute Gasteiger partial charge is 0.0629 e. The van der Waals surface area contributed by atoms with Crippen molar-refractivity contribution in [3.05, 3.63) is 35.7 Å². The van der Waals surface area contributed by atoms with Gasteiger partial charge in [0.2, 0.25) is 0 Å². The molecule has 0 unspecified atom stereocenters. The van der Waals surface area contributed by atoms with Gasteiger partial charge in [0, 0.05) is 6.20 Å². The summed E-state index contributed by atoms with van der Waals surface area (Å²) >= 11 is 0. The zero-order chi connectivity index (χ0) is 10.1. The minimum absolute atomic E-state index is 0.985. The van der Waals surface area contributed by atoms with Crippen molar-refractivity contribution in [2.24, 2.45) is 11.8 Å². The van der Waals surface area contributed by atoms with Crippen LogP contribution in [0.4, 0.5) is 0 Å². The molecule has 1 heterocycles. The van der Waals surface area contributed by atoms with Gasteiger partial charge in [-0.3, -0.25) is 4.98 Å². The van der Waals surface area contributed by atoms with Gasteiger partial charge in [0.15, 0.2) is 0 Å². The van der Waals surface area contributed by atoms with E-state index in [-0.39, 0.29) is 0 Å². The van der Waals surface area contributed by atoms with Crippen molar-refractivity contribution in [1.29, 1.82) is 0 Å². The third-order valence-electron chi connectivity index (χ3n) is 3.79. The highest BCUT2D eigenvalue weighted by atomic mass is 14.6. The summed E-state index contributed by atoms with van der Waals surface area (Å²) in [5.41, 5.74) is 2.77. The fraction of sp³-hybridized carbons (Fsp3) is 0.500. The SMILES string of the molecule is C(=C1/C[C@H]2CC[C@@H](C1)C2)/c1ccccn1. The summed E-state index contributed by atoms with van der Waals surface area (Å²) in [5.74, 6) is 1.97. The van der Waals surface area contributed by atoms with Gasteiger partial charge in [-0.25, -0.2) is 0 Å². The molecule has 2 aliphatic carbocycles. The Balaban J connectivity index is 1.80. The lowest BCUT2D eigenvalue weighted by molar-refractivity contribution is 0.429. The minimum Gasteiger partial charge on any atom is -0.257 e. The Hall–Kier alpha value is -1.11. The van der Waals surface area contributed by atoms with Crippen LogP contribution in [0.3, 0.4) is 0 Å². The first-order chi connectivity index (χ1) is 7.40. The number of aromatic nitrogens is 1. The Kier molecular flexibility index (Phi) is 2.32. The summed E-state index contributed by atoms with van der Waals surface area (Å²) in [4.78, 5) is 4.37. The van der Waals surface area contributed by atoms with Gasteiger partial charge in [-0.2, -0.15) is 0 Å². The van der Waals surface area contributed by atoms with E-state index in [9.17, 15) is 0 Å². The predicted molar refractivity (Wildman–Crippen MR) is 62.3 cm³/mol. The monoisotopic (exact) mass is 199 g/mol. The van der Waals surface area contributed by atoms with Crippen LogP contribution < -0.4 is 0 Å². The second-order valence-corrected chi connectivity index (χ2v) is 5.01. The van der Waals surface area contributed by atoms with Crippen molar-refractivity contribution in [2.75, 3.05) is 0 Å². The average Bonchev–Trinajstić information content (AvgIpc) is 2.60. The van der Waals surface area contributed by atoms with Crippen LogP contribution in [0, 0.1) is 11.8 Å². The third-order valence-corrected chi connectivity index (χ3v) is 3.79. The van der Waals surface area contributed by atoms with Crippen LogP contribution in [0.25, 0.3) is 6.08 Å². The number of pyridine rings is 1. The molecule has 2 aliphatic rings. The van der Waals surface area contributed by atoms with E-state index in [0.29, 0.717) is 0 Å². The normalized spacial score (nSPS) is 32.1. The van der Waals surface area contributed by atoms with Crippen LogP contribution in [0.5, 0.6) is 0 Å². The summed E-state index contributed by atoms with van der Waals surface area (Å²) < 4.78 is 0. The van der Waals surface area contributed by atoms with Crippen molar-refractivity contribution < 1.29 is 0 Å². The summed E-state index contributed by atoms with van der Waals surface area (Å²) in [6, 6.07) is 6.15. The van der Waals surface area contributed by atoms with Gasteiger partial charge in [-0.1, -0.05) is 11.6 Å². The zero-order valence-corrected chi connectivity index (χ0v) is 9.02. The highest BCUT2D eigenvalue weighted by Gasteiger charge is 2.30. The second-order valence-electron chi connectivity index (χ2n) is 5.01. The average molecular weight is 199 g/mol. The lowest BCUT2D eigenvalue weighted by Gasteiger charge is -2.21. The van der Waals surface area contributed by atoms with Gasteiger partial charge in [-0.15, -0.1) is 0 Å². The standard InChI is InChI=1S/C14H17N/c1-2-6-15-14(3-1)10-13-8-11-4-5-12(7-11)9-13/h1-3,6,10-12H,4-5,7-9H2/b13-10-/t11-,12+/m1/s1. The van der Waals surface area contributed by atoms with E-state index < -0.39 is 0 Å². The summed E-state index contributed by atoms with van der Waals surface area (Å²) in [7, 11) is 0. The molecule has 0 spiro atoms. The van der Waals surface area contributed by atoms with Gasteiger partial charge >= 0.3 is 0 Å². The van der Waals surface area contributed by atoms with E-state index in [1.165, 1.54) is 32.1 Å². The minimum atomic E-state index is 0.985. The zero-order valence-electron chi connectivity index (χ0n) is 9.02. The van der Waals surface area contributed by atoms with E-state index in [1.54, 1.807) is 5.57 Å². The lowest BCUT2D eigenvalue weighted by Crippen LogP contribution is -2.07. The molecule has 3 rings (SSSR count). The Bertz CT molecular complexity index is 352. The van der Waals surface area contributed by atoms with Crippen molar-refractivity contribution in [1.82, 2.24) is 4.98 Å². The fourth-order valence-electron chi connectivity index (χ4n) is 3.16. The van der Waals surface area contributed by atoms with Gasteiger partial charge < -0.3 is 0 Å². The second kappa shape index (κ2) is 3.80. The number of fused-ring (bicyclic) bond motifs is 2. The summed E-state index contributed by atoms with van der Waals surface area (Å²) in [6.07, 6.45) is 11.3. The largest absolute Gasteiger partial charge is 0.257 e. The molecule has 0 aromatic carbocycles. The first-order valence-electron chi connectivity index (χ1n) is 6.00. The molecule has 1 aromatic heterocycles. The highest BCUT2D eigenvalue weighted by Crippen LogP contribution is 2.44. The van der Waals surface area contributed by atoms with Gasteiger partial charge in [0.25, 0.3) is 0 Å². The van der Waals surface area contributed by atoms with Crippen molar-refractivity contribution in [2.45, 2.75) is 32.1 Å². The maximum Gasteiger partial charge on any atom is 0.0629 e. The summed E-state index contributed by atoms with van der Waals surface area (Å²) in [6.45, 7) is 0. The molecule has 15 heavy (non-hydrogen) atoms. The Morgan fingerprint density at radius 2 is 1.93 bits per heavy atom. The maximum absolute atomic E-state index is 4.37. The first kappa shape index (κ1) is 9.14. The molecule has 0 radical (unpaired) electrons. The quantitative estimate of drug-likeness (QED) is 0.672. The number of rotatable bonds is 1. The number of hydrogen-bond acceptors (Lipinski definition) is 1. The molecular formula is C14H17N. The Morgan fingerprint density at radius 3 is 2.60 bits per heavy atom. The number of nitrogens with zero attached hydrogens (tertiary/aromatic N) is 1. The molecule has 78 valence electrons. The van der Waals surface area contributed by atoms with E-state index in [1.807, 2.05) is 12.3 Å². The van der Waals surface area contributed by atoms with Crippen LogP contribution in [0.2, 0.25) is 0 Å². The van der Waals surface area contributed by atoms with Crippen LogP contribution in [-0.2, 0) is 0 Å². The first-order valence-corrected chi connectivity index (χ1v) is 6.00. The molecule has 0 amide bonds. The van der Waals surface area contributed by atoms with Crippen LogP contribution in [0.15, 0.2) is 30.0 Å². The molecular weight excluding hydrogens is 182 g/mol. The van der Waals surface area contributed by atoms with E-state index in [4.69, 9.17) is 0 Å². The highest BCUT2D eigenvalue weighted by molar-refractivity contribution is 5.49. The molecule has 2 bridgehead atoms. The van der Waals surface area contributed by atoms with E-state index in [0.717, 1.165) is 17.5 Å². The van der Waals surface area contributed by atoms with Gasteiger partial charge in [-0.05, 0) is 62.1 Å². The molecule has 2 atom stereocenters. The van der Waals surface area contributed by atoms with Crippen molar-refractivity contribution in [3.63, 3.8) is 0 Å². The van der Waals surface area contributed by atoms with Crippen molar-refractivity contribution in [3.8, 4) is 0 Å². The van der Waals surface area contributed by atoms with Crippen LogP contribution in [0.1, 0.15) is 37.8 Å². The molecule has 2 saturated carbocycles. The molecule has 1 aromatic rings. The van der Waals surface area contributed by atoms with Gasteiger partial charge in [0.1, 0.15) is 0 Å². The molecule has 2 fully saturated rings. The molecule has 1 nitrogen and oxygen atoms in total. The predicted octanol–water partition coefficient (Wildman–Crippen LogP) is 3.68. The number of hydrogen-bond donors (Lipinski definition) is 0. The van der Waals surface area contributed by atoms with E-state index in [2.05, 4.69) is 23.2 Å².